The Morgan fingerprint density at radius 3 is 2.54 bits per heavy atom. The number of nitrogens with one attached hydrogen (secondary N) is 1. The highest BCUT2D eigenvalue weighted by Gasteiger charge is 2.16. The minimum Gasteiger partial charge on any atom is -0.369 e. The number of hydrogen-bond donors (Lipinski definition) is 2. The standard InChI is InChI=1S/C17H16BrFN2O2S/c18-15-7-5-14(24-15)6-8-16(22)21-10-12(17(20)23)9-11-1-3-13(19)4-2-11/h1-8,12H,9-10H2,(H2,20,23)(H,21,22)/b8-6+. The SMILES string of the molecule is NC(=O)C(CNC(=O)/C=C/c1ccc(Br)s1)Cc1ccc(F)cc1. The summed E-state index contributed by atoms with van der Waals surface area (Å²) in [7, 11) is 0. The van der Waals surface area contributed by atoms with Gasteiger partial charge >= 0.3 is 0 Å². The summed E-state index contributed by atoms with van der Waals surface area (Å²) in [6.45, 7) is 0.129. The Kier molecular flexibility index (Phi) is 6.69. The average Bonchev–Trinajstić information content (AvgIpc) is 2.96. The Labute approximate surface area is 151 Å². The number of carbonyl (C=O) groups excluding carboxylic acids is 2. The van der Waals surface area contributed by atoms with Crippen LogP contribution >= 0.6 is 27.3 Å². The van der Waals surface area contributed by atoms with E-state index in [2.05, 4.69) is 21.2 Å². The van der Waals surface area contributed by atoms with Gasteiger partial charge in [-0.2, -0.15) is 0 Å². The van der Waals surface area contributed by atoms with Gasteiger partial charge in [0.25, 0.3) is 0 Å². The molecule has 0 saturated heterocycles. The maximum atomic E-state index is 12.9. The van der Waals surface area contributed by atoms with Crippen molar-refractivity contribution in [3.05, 3.63) is 62.5 Å². The van der Waals surface area contributed by atoms with Crippen molar-refractivity contribution in [3.63, 3.8) is 0 Å². The molecule has 1 aromatic carbocycles. The highest BCUT2D eigenvalue weighted by molar-refractivity contribution is 9.11. The number of amides is 2. The van der Waals surface area contributed by atoms with E-state index in [-0.39, 0.29) is 18.3 Å². The van der Waals surface area contributed by atoms with E-state index in [0.717, 1.165) is 14.2 Å². The molecule has 0 aliphatic heterocycles. The van der Waals surface area contributed by atoms with Crippen molar-refractivity contribution in [1.29, 1.82) is 0 Å². The van der Waals surface area contributed by atoms with Crippen LogP contribution in [0.15, 0.2) is 46.3 Å². The third-order valence-corrected chi connectivity index (χ3v) is 4.90. The number of primary amides is 1. The fraction of sp³-hybridized carbons (Fsp3) is 0.176. The minimum atomic E-state index is -0.552. The molecule has 2 amide bonds. The van der Waals surface area contributed by atoms with Crippen LogP contribution in [0, 0.1) is 11.7 Å². The first-order valence-corrected chi connectivity index (χ1v) is 8.80. The lowest BCUT2D eigenvalue weighted by Crippen LogP contribution is -2.36. The second-order valence-corrected chi connectivity index (χ2v) is 7.64. The molecule has 24 heavy (non-hydrogen) atoms. The van der Waals surface area contributed by atoms with Crippen LogP contribution in [0.3, 0.4) is 0 Å². The number of rotatable bonds is 7. The van der Waals surface area contributed by atoms with E-state index in [1.807, 2.05) is 12.1 Å². The van der Waals surface area contributed by atoms with E-state index in [0.29, 0.717) is 6.42 Å². The van der Waals surface area contributed by atoms with Crippen LogP contribution in [-0.2, 0) is 16.0 Å². The van der Waals surface area contributed by atoms with Crippen LogP contribution < -0.4 is 11.1 Å². The molecule has 0 radical (unpaired) electrons. The van der Waals surface area contributed by atoms with E-state index in [1.54, 1.807) is 18.2 Å². The molecule has 0 aliphatic carbocycles. The van der Waals surface area contributed by atoms with Gasteiger partial charge in [-0.05, 0) is 58.3 Å². The van der Waals surface area contributed by atoms with Gasteiger partial charge in [0, 0.05) is 17.5 Å². The van der Waals surface area contributed by atoms with Gasteiger partial charge in [0.1, 0.15) is 5.82 Å². The Balaban J connectivity index is 1.88. The molecule has 0 bridgehead atoms. The lowest BCUT2D eigenvalue weighted by Gasteiger charge is -2.13. The van der Waals surface area contributed by atoms with Gasteiger partial charge in [-0.15, -0.1) is 11.3 Å². The van der Waals surface area contributed by atoms with E-state index >= 15 is 0 Å². The first-order valence-electron chi connectivity index (χ1n) is 7.19. The fourth-order valence-corrected chi connectivity index (χ4v) is 3.36. The van der Waals surface area contributed by atoms with Gasteiger partial charge < -0.3 is 11.1 Å². The Bertz CT molecular complexity index is 743. The Morgan fingerprint density at radius 2 is 1.96 bits per heavy atom. The van der Waals surface area contributed by atoms with E-state index < -0.39 is 11.8 Å². The molecule has 7 heteroatoms. The quantitative estimate of drug-likeness (QED) is 0.688. The van der Waals surface area contributed by atoms with Crippen LogP contribution in [-0.4, -0.2) is 18.4 Å². The molecule has 0 fully saturated rings. The summed E-state index contributed by atoms with van der Waals surface area (Å²) in [5.74, 6) is -1.70. The topological polar surface area (TPSA) is 72.2 Å². The molecular formula is C17H16BrFN2O2S. The van der Waals surface area contributed by atoms with Crippen LogP contribution in [0.5, 0.6) is 0 Å². The third-order valence-electron chi connectivity index (χ3n) is 3.31. The smallest absolute Gasteiger partial charge is 0.244 e. The molecule has 126 valence electrons. The molecule has 1 aromatic heterocycles. The summed E-state index contributed by atoms with van der Waals surface area (Å²) in [6, 6.07) is 9.64. The molecule has 0 saturated carbocycles. The number of carbonyl (C=O) groups is 2. The maximum absolute atomic E-state index is 12.9. The molecule has 1 unspecified atom stereocenters. The van der Waals surface area contributed by atoms with Crippen LogP contribution in [0.1, 0.15) is 10.4 Å². The van der Waals surface area contributed by atoms with Crippen LogP contribution in [0.4, 0.5) is 4.39 Å². The first-order chi connectivity index (χ1) is 11.4. The predicted molar refractivity (Wildman–Crippen MR) is 96.9 cm³/mol. The molecule has 3 N–H and O–H groups in total. The van der Waals surface area contributed by atoms with E-state index in [4.69, 9.17) is 5.73 Å². The van der Waals surface area contributed by atoms with Gasteiger partial charge in [0.15, 0.2) is 0 Å². The van der Waals surface area contributed by atoms with Crippen molar-refractivity contribution in [2.75, 3.05) is 6.54 Å². The normalized spacial score (nSPS) is 12.2. The molecule has 4 nitrogen and oxygen atoms in total. The van der Waals surface area contributed by atoms with E-state index in [9.17, 15) is 14.0 Å². The largest absolute Gasteiger partial charge is 0.369 e. The first kappa shape index (κ1) is 18.4. The predicted octanol–water partition coefficient (Wildman–Crippen LogP) is 3.12. The van der Waals surface area contributed by atoms with Gasteiger partial charge in [-0.1, -0.05) is 12.1 Å². The monoisotopic (exact) mass is 410 g/mol. The highest BCUT2D eigenvalue weighted by atomic mass is 79.9. The summed E-state index contributed by atoms with van der Waals surface area (Å²) in [5.41, 5.74) is 6.17. The molecular weight excluding hydrogens is 395 g/mol. The lowest BCUT2D eigenvalue weighted by atomic mass is 9.98. The second kappa shape index (κ2) is 8.75. The zero-order valence-electron chi connectivity index (χ0n) is 12.7. The van der Waals surface area contributed by atoms with Gasteiger partial charge in [-0.25, -0.2) is 4.39 Å². The van der Waals surface area contributed by atoms with Crippen molar-refractivity contribution in [1.82, 2.24) is 5.32 Å². The second-order valence-electron chi connectivity index (χ2n) is 5.15. The molecule has 0 aliphatic rings. The lowest BCUT2D eigenvalue weighted by molar-refractivity contribution is -0.122. The molecule has 1 heterocycles. The van der Waals surface area contributed by atoms with Crippen molar-refractivity contribution in [2.45, 2.75) is 6.42 Å². The Morgan fingerprint density at radius 1 is 1.25 bits per heavy atom. The minimum absolute atomic E-state index is 0.129. The summed E-state index contributed by atoms with van der Waals surface area (Å²) in [5, 5.41) is 2.67. The van der Waals surface area contributed by atoms with Gasteiger partial charge in [-0.3, -0.25) is 9.59 Å². The zero-order valence-corrected chi connectivity index (χ0v) is 15.1. The van der Waals surface area contributed by atoms with Crippen molar-refractivity contribution >= 4 is 45.2 Å². The zero-order chi connectivity index (χ0) is 17.5. The summed E-state index contributed by atoms with van der Waals surface area (Å²) < 4.78 is 13.9. The van der Waals surface area contributed by atoms with E-state index in [1.165, 1.54) is 29.5 Å². The number of nitrogens with two attached hydrogens (primary N) is 1. The third kappa shape index (κ3) is 5.90. The maximum Gasteiger partial charge on any atom is 0.244 e. The Hall–Kier alpha value is -1.99. The summed E-state index contributed by atoms with van der Waals surface area (Å²) in [4.78, 5) is 24.3. The molecule has 0 spiro atoms. The van der Waals surface area contributed by atoms with Gasteiger partial charge in [0.2, 0.25) is 11.8 Å². The average molecular weight is 411 g/mol. The van der Waals surface area contributed by atoms with Crippen molar-refractivity contribution in [2.24, 2.45) is 11.7 Å². The van der Waals surface area contributed by atoms with Crippen molar-refractivity contribution in [3.8, 4) is 0 Å². The van der Waals surface area contributed by atoms with Crippen LogP contribution in [0.2, 0.25) is 0 Å². The van der Waals surface area contributed by atoms with Crippen LogP contribution in [0.25, 0.3) is 6.08 Å². The number of halogens is 2. The number of benzene rings is 1. The van der Waals surface area contributed by atoms with Gasteiger partial charge in [0.05, 0.1) is 9.70 Å². The molecule has 2 rings (SSSR count). The van der Waals surface area contributed by atoms with Crippen molar-refractivity contribution < 1.29 is 14.0 Å². The summed E-state index contributed by atoms with van der Waals surface area (Å²) >= 11 is 4.86. The number of thiophene rings is 1. The molecule has 1 atom stereocenters. The molecule has 2 aromatic rings. The highest BCUT2D eigenvalue weighted by Crippen LogP contribution is 2.22. The number of hydrogen-bond acceptors (Lipinski definition) is 3. The summed E-state index contributed by atoms with van der Waals surface area (Å²) in [6.07, 6.45) is 3.45. The fourth-order valence-electron chi connectivity index (χ4n) is 2.04.